The van der Waals surface area contributed by atoms with Gasteiger partial charge in [-0.2, -0.15) is 4.98 Å². The van der Waals surface area contributed by atoms with Crippen LogP contribution in [0.3, 0.4) is 0 Å². The molecule has 1 aliphatic rings. The van der Waals surface area contributed by atoms with Crippen LogP contribution in [0, 0.1) is 0 Å². The van der Waals surface area contributed by atoms with E-state index >= 15 is 0 Å². The fraction of sp³-hybridized carbons (Fsp3) is 0.286. The van der Waals surface area contributed by atoms with Crippen molar-refractivity contribution >= 4 is 55.7 Å². The standard InChI is InChI=1S/C21H22BrN5O3S/c1-29-20(28)16-6-11-31-19(16)25-18-17(22)12-23-21(26-18)24-15-4-2-14(3-5-15)13-27-7-9-30-10-8-27/h2-6,11-12H,7-10,13H2,1H3,(H2,23,24,25,26). The highest BCUT2D eigenvalue weighted by molar-refractivity contribution is 9.10. The molecule has 0 unspecified atom stereocenters. The Morgan fingerprint density at radius 2 is 2.00 bits per heavy atom. The first-order valence-corrected chi connectivity index (χ1v) is 11.4. The topological polar surface area (TPSA) is 88.6 Å². The van der Waals surface area contributed by atoms with Crippen LogP contribution in [0.25, 0.3) is 0 Å². The Morgan fingerprint density at radius 1 is 1.23 bits per heavy atom. The molecule has 10 heteroatoms. The molecular weight excluding hydrogens is 482 g/mol. The van der Waals surface area contributed by atoms with Crippen LogP contribution in [0.5, 0.6) is 0 Å². The summed E-state index contributed by atoms with van der Waals surface area (Å²) < 4.78 is 10.9. The fourth-order valence-corrected chi connectivity index (χ4v) is 4.20. The summed E-state index contributed by atoms with van der Waals surface area (Å²) in [6, 6.07) is 9.95. The van der Waals surface area contributed by atoms with E-state index in [-0.39, 0.29) is 0 Å². The van der Waals surface area contributed by atoms with Gasteiger partial charge in [-0.3, -0.25) is 4.90 Å². The molecule has 1 fully saturated rings. The first kappa shape index (κ1) is 21.7. The molecule has 0 radical (unpaired) electrons. The Morgan fingerprint density at radius 3 is 2.74 bits per heavy atom. The maximum Gasteiger partial charge on any atom is 0.340 e. The number of thiophene rings is 1. The molecule has 0 aliphatic carbocycles. The lowest BCUT2D eigenvalue weighted by Crippen LogP contribution is -2.35. The van der Waals surface area contributed by atoms with E-state index < -0.39 is 5.97 Å². The largest absolute Gasteiger partial charge is 0.465 e. The van der Waals surface area contributed by atoms with Gasteiger partial charge in [-0.15, -0.1) is 11.3 Å². The highest BCUT2D eigenvalue weighted by Crippen LogP contribution is 2.31. The molecule has 2 N–H and O–H groups in total. The van der Waals surface area contributed by atoms with Crippen LogP contribution >= 0.6 is 27.3 Å². The summed E-state index contributed by atoms with van der Waals surface area (Å²) in [6.45, 7) is 4.43. The lowest BCUT2D eigenvalue weighted by Gasteiger charge is -2.26. The summed E-state index contributed by atoms with van der Waals surface area (Å²) >= 11 is 4.85. The molecule has 0 atom stereocenters. The van der Waals surface area contributed by atoms with Gasteiger partial charge in [0.2, 0.25) is 5.95 Å². The Kier molecular flexibility index (Phi) is 7.13. The number of anilines is 4. The van der Waals surface area contributed by atoms with Crippen molar-refractivity contribution in [1.29, 1.82) is 0 Å². The van der Waals surface area contributed by atoms with Gasteiger partial charge in [-0.1, -0.05) is 12.1 Å². The predicted molar refractivity (Wildman–Crippen MR) is 124 cm³/mol. The van der Waals surface area contributed by atoms with Crippen molar-refractivity contribution in [3.63, 3.8) is 0 Å². The maximum absolute atomic E-state index is 11.9. The molecule has 1 aliphatic heterocycles. The third-order valence-corrected chi connectivity index (χ3v) is 6.18. The molecule has 0 bridgehead atoms. The van der Waals surface area contributed by atoms with Crippen LogP contribution in [0.15, 0.2) is 46.4 Å². The number of methoxy groups -OCH3 is 1. The summed E-state index contributed by atoms with van der Waals surface area (Å²) in [6.07, 6.45) is 1.66. The summed E-state index contributed by atoms with van der Waals surface area (Å²) in [4.78, 5) is 23.2. The second-order valence-corrected chi connectivity index (χ2v) is 8.65. The van der Waals surface area contributed by atoms with Crippen LogP contribution < -0.4 is 10.6 Å². The SMILES string of the molecule is COC(=O)c1ccsc1Nc1nc(Nc2ccc(CN3CCOCC3)cc2)ncc1Br. The van der Waals surface area contributed by atoms with Crippen LogP contribution in [0.1, 0.15) is 15.9 Å². The molecule has 4 rings (SSSR count). The second-order valence-electron chi connectivity index (χ2n) is 6.88. The highest BCUT2D eigenvalue weighted by atomic mass is 79.9. The average Bonchev–Trinajstić information content (AvgIpc) is 3.26. The molecule has 0 spiro atoms. The van der Waals surface area contributed by atoms with Gasteiger partial charge in [0.05, 0.1) is 30.4 Å². The Hall–Kier alpha value is -2.53. The lowest BCUT2D eigenvalue weighted by atomic mass is 10.2. The van der Waals surface area contributed by atoms with E-state index in [1.54, 1.807) is 12.3 Å². The van der Waals surface area contributed by atoms with Crippen LogP contribution in [0.2, 0.25) is 0 Å². The summed E-state index contributed by atoms with van der Waals surface area (Å²) in [7, 11) is 1.36. The summed E-state index contributed by atoms with van der Waals surface area (Å²) in [5.74, 6) is 0.598. The molecule has 1 aromatic carbocycles. The smallest absolute Gasteiger partial charge is 0.340 e. The predicted octanol–water partition coefficient (Wildman–Crippen LogP) is 4.41. The van der Waals surface area contributed by atoms with Gasteiger partial charge in [0.1, 0.15) is 5.00 Å². The number of ether oxygens (including phenoxy) is 2. The van der Waals surface area contributed by atoms with Crippen molar-refractivity contribution in [2.75, 3.05) is 44.0 Å². The van der Waals surface area contributed by atoms with Gasteiger partial charge in [0, 0.05) is 31.5 Å². The van der Waals surface area contributed by atoms with Crippen LogP contribution in [0.4, 0.5) is 22.5 Å². The molecule has 3 aromatic rings. The maximum atomic E-state index is 11.9. The Bertz CT molecular complexity index is 1040. The average molecular weight is 504 g/mol. The Labute approximate surface area is 192 Å². The first-order chi connectivity index (χ1) is 15.1. The highest BCUT2D eigenvalue weighted by Gasteiger charge is 2.16. The van der Waals surface area contributed by atoms with Crippen LogP contribution in [-0.4, -0.2) is 54.3 Å². The van der Waals surface area contributed by atoms with E-state index in [2.05, 4.69) is 53.6 Å². The normalized spacial score (nSPS) is 14.3. The minimum absolute atomic E-state index is 0.399. The molecule has 0 saturated carbocycles. The van der Waals surface area contributed by atoms with E-state index in [0.717, 1.165) is 38.5 Å². The van der Waals surface area contributed by atoms with Crippen molar-refractivity contribution in [2.24, 2.45) is 0 Å². The molecule has 0 amide bonds. The zero-order chi connectivity index (χ0) is 21.6. The molecular formula is C21H22BrN5O3S. The molecule has 3 heterocycles. The van der Waals surface area contributed by atoms with Gasteiger partial charge < -0.3 is 20.1 Å². The van der Waals surface area contributed by atoms with Gasteiger partial charge in [0.15, 0.2) is 5.82 Å². The molecule has 2 aromatic heterocycles. The number of hydrogen-bond donors (Lipinski definition) is 2. The van der Waals surface area contributed by atoms with Crippen molar-refractivity contribution in [3.8, 4) is 0 Å². The van der Waals surface area contributed by atoms with Crippen LogP contribution in [-0.2, 0) is 16.0 Å². The number of aromatic nitrogens is 2. The third kappa shape index (κ3) is 5.59. The minimum atomic E-state index is -0.399. The fourth-order valence-electron chi connectivity index (χ4n) is 3.14. The second kappa shape index (κ2) is 10.2. The van der Waals surface area contributed by atoms with Gasteiger partial charge in [0.25, 0.3) is 0 Å². The van der Waals surface area contributed by atoms with E-state index in [0.29, 0.717) is 26.8 Å². The quantitative estimate of drug-likeness (QED) is 0.458. The first-order valence-electron chi connectivity index (χ1n) is 9.74. The third-order valence-electron chi connectivity index (χ3n) is 4.77. The number of benzene rings is 1. The van der Waals surface area contributed by atoms with E-state index in [1.807, 2.05) is 17.5 Å². The van der Waals surface area contributed by atoms with Crippen molar-refractivity contribution in [3.05, 3.63) is 57.5 Å². The minimum Gasteiger partial charge on any atom is -0.465 e. The van der Waals surface area contributed by atoms with Crippen molar-refractivity contribution in [2.45, 2.75) is 6.54 Å². The number of halogens is 1. The van der Waals surface area contributed by atoms with Gasteiger partial charge in [-0.25, -0.2) is 9.78 Å². The van der Waals surface area contributed by atoms with Crippen molar-refractivity contribution < 1.29 is 14.3 Å². The number of carbonyl (C=O) groups is 1. The summed E-state index contributed by atoms with van der Waals surface area (Å²) in [5, 5.41) is 8.88. The Balaban J connectivity index is 1.43. The molecule has 162 valence electrons. The molecule has 8 nitrogen and oxygen atoms in total. The summed E-state index contributed by atoms with van der Waals surface area (Å²) in [5.41, 5.74) is 2.60. The van der Waals surface area contributed by atoms with E-state index in [9.17, 15) is 4.79 Å². The lowest BCUT2D eigenvalue weighted by molar-refractivity contribution is 0.0342. The van der Waals surface area contributed by atoms with E-state index in [4.69, 9.17) is 9.47 Å². The molecule has 31 heavy (non-hydrogen) atoms. The number of nitrogens with zero attached hydrogens (tertiary/aromatic N) is 3. The van der Waals surface area contributed by atoms with E-state index in [1.165, 1.54) is 24.0 Å². The molecule has 1 saturated heterocycles. The van der Waals surface area contributed by atoms with Crippen molar-refractivity contribution in [1.82, 2.24) is 14.9 Å². The zero-order valence-electron chi connectivity index (χ0n) is 16.9. The number of carbonyl (C=O) groups excluding carboxylic acids is 1. The number of rotatable bonds is 7. The number of morpholine rings is 1. The van der Waals surface area contributed by atoms with Gasteiger partial charge >= 0.3 is 5.97 Å². The number of hydrogen-bond acceptors (Lipinski definition) is 9. The zero-order valence-corrected chi connectivity index (χ0v) is 19.3. The number of nitrogens with one attached hydrogen (secondary N) is 2. The number of esters is 1. The van der Waals surface area contributed by atoms with Gasteiger partial charge in [-0.05, 0) is 45.1 Å². The monoisotopic (exact) mass is 503 g/mol.